The Morgan fingerprint density at radius 2 is 2.07 bits per heavy atom. The summed E-state index contributed by atoms with van der Waals surface area (Å²) in [5, 5.41) is 0. The third-order valence-electron chi connectivity index (χ3n) is 3.25. The van der Waals surface area contributed by atoms with E-state index in [1.165, 1.54) is 5.56 Å². The van der Waals surface area contributed by atoms with Gasteiger partial charge in [0.25, 0.3) is 0 Å². The van der Waals surface area contributed by atoms with E-state index in [4.69, 9.17) is 4.74 Å². The van der Waals surface area contributed by atoms with Crippen LogP contribution in [0, 0.1) is 0 Å². The van der Waals surface area contributed by atoms with Crippen molar-refractivity contribution in [3.05, 3.63) is 35.9 Å². The molecule has 3 rings (SSSR count). The number of hydrogen-bond acceptors (Lipinski definition) is 2. The quantitative estimate of drug-likeness (QED) is 0.695. The van der Waals surface area contributed by atoms with Crippen molar-refractivity contribution in [3.8, 4) is 0 Å². The van der Waals surface area contributed by atoms with E-state index in [0.29, 0.717) is 13.2 Å². The van der Waals surface area contributed by atoms with Crippen molar-refractivity contribution in [1.29, 1.82) is 0 Å². The van der Waals surface area contributed by atoms with Gasteiger partial charge in [-0.15, -0.1) is 0 Å². The monoisotopic (exact) mass is 203 g/mol. The minimum absolute atomic E-state index is 0.0812. The van der Waals surface area contributed by atoms with Gasteiger partial charge >= 0.3 is 0 Å². The van der Waals surface area contributed by atoms with Gasteiger partial charge in [0.15, 0.2) is 0 Å². The first-order chi connectivity index (χ1) is 7.36. The van der Waals surface area contributed by atoms with Crippen molar-refractivity contribution in [2.75, 3.05) is 6.73 Å². The van der Waals surface area contributed by atoms with Crippen LogP contribution in [0.4, 0.5) is 0 Å². The molecule has 3 nitrogen and oxygen atoms in total. The van der Waals surface area contributed by atoms with Crippen LogP contribution in [0.5, 0.6) is 0 Å². The average molecular weight is 203 g/mol. The van der Waals surface area contributed by atoms with Crippen LogP contribution in [-0.4, -0.2) is 23.6 Å². The second-order valence-corrected chi connectivity index (χ2v) is 4.10. The zero-order valence-electron chi connectivity index (χ0n) is 8.43. The molecule has 0 N–H and O–H groups in total. The first-order valence-corrected chi connectivity index (χ1v) is 5.32. The molecule has 2 saturated heterocycles. The molecule has 2 unspecified atom stereocenters. The maximum Gasteiger partial charge on any atom is 0.224 e. The third kappa shape index (κ3) is 1.35. The van der Waals surface area contributed by atoms with Crippen molar-refractivity contribution in [2.24, 2.45) is 0 Å². The molecule has 0 saturated carbocycles. The standard InChI is InChI=1S/C12H13NO2/c14-11-7-6-10-12(15-8-13(10)11)9-4-2-1-3-5-9/h1-5,10,12H,6-8H2. The largest absolute Gasteiger partial charge is 0.351 e. The number of carbonyl (C=O) groups is 1. The van der Waals surface area contributed by atoms with E-state index in [1.807, 2.05) is 23.1 Å². The molecular weight excluding hydrogens is 190 g/mol. The molecule has 2 fully saturated rings. The Labute approximate surface area is 88.6 Å². The summed E-state index contributed by atoms with van der Waals surface area (Å²) in [6.45, 7) is 0.461. The van der Waals surface area contributed by atoms with Gasteiger partial charge in [-0.1, -0.05) is 30.3 Å². The lowest BCUT2D eigenvalue weighted by molar-refractivity contribution is -0.129. The normalized spacial score (nSPS) is 29.6. The second-order valence-electron chi connectivity index (χ2n) is 4.10. The summed E-state index contributed by atoms with van der Waals surface area (Å²) >= 11 is 0. The predicted molar refractivity (Wildman–Crippen MR) is 55.0 cm³/mol. The Kier molecular flexibility index (Phi) is 1.99. The van der Waals surface area contributed by atoms with Crippen molar-refractivity contribution in [2.45, 2.75) is 25.0 Å². The highest BCUT2D eigenvalue weighted by atomic mass is 16.5. The highest BCUT2D eigenvalue weighted by molar-refractivity contribution is 5.79. The smallest absolute Gasteiger partial charge is 0.224 e. The minimum Gasteiger partial charge on any atom is -0.351 e. The van der Waals surface area contributed by atoms with Gasteiger partial charge in [0.2, 0.25) is 5.91 Å². The predicted octanol–water partition coefficient (Wildman–Crippen LogP) is 1.71. The van der Waals surface area contributed by atoms with Crippen LogP contribution < -0.4 is 0 Å². The van der Waals surface area contributed by atoms with Crippen molar-refractivity contribution < 1.29 is 9.53 Å². The van der Waals surface area contributed by atoms with Gasteiger partial charge in [0.1, 0.15) is 12.8 Å². The highest BCUT2D eigenvalue weighted by Gasteiger charge is 2.42. The van der Waals surface area contributed by atoms with Gasteiger partial charge in [-0.3, -0.25) is 4.79 Å². The lowest BCUT2D eigenvalue weighted by atomic mass is 10.0. The van der Waals surface area contributed by atoms with E-state index >= 15 is 0 Å². The third-order valence-corrected chi connectivity index (χ3v) is 3.25. The van der Waals surface area contributed by atoms with E-state index in [2.05, 4.69) is 12.1 Å². The van der Waals surface area contributed by atoms with E-state index in [1.54, 1.807) is 0 Å². The molecule has 78 valence electrons. The van der Waals surface area contributed by atoms with Crippen LogP contribution in [0.2, 0.25) is 0 Å². The van der Waals surface area contributed by atoms with Crippen LogP contribution in [0.1, 0.15) is 24.5 Å². The van der Waals surface area contributed by atoms with Crippen LogP contribution >= 0.6 is 0 Å². The lowest BCUT2D eigenvalue weighted by Crippen LogP contribution is -2.28. The van der Waals surface area contributed by atoms with Crippen LogP contribution in [-0.2, 0) is 9.53 Å². The number of hydrogen-bond donors (Lipinski definition) is 0. The van der Waals surface area contributed by atoms with Gasteiger partial charge in [-0.25, -0.2) is 0 Å². The van der Waals surface area contributed by atoms with Crippen LogP contribution in [0.3, 0.4) is 0 Å². The number of benzene rings is 1. The zero-order chi connectivity index (χ0) is 10.3. The molecular formula is C12H13NO2. The number of ether oxygens (including phenoxy) is 1. The first-order valence-electron chi connectivity index (χ1n) is 5.32. The Morgan fingerprint density at radius 3 is 2.87 bits per heavy atom. The van der Waals surface area contributed by atoms with E-state index < -0.39 is 0 Å². The summed E-state index contributed by atoms with van der Waals surface area (Å²) in [5.41, 5.74) is 1.18. The molecule has 1 aromatic carbocycles. The number of amides is 1. The molecule has 0 bridgehead atoms. The van der Waals surface area contributed by atoms with Crippen molar-refractivity contribution >= 4 is 5.91 Å². The molecule has 2 aliphatic rings. The summed E-state index contributed by atoms with van der Waals surface area (Å²) in [4.78, 5) is 13.3. The summed E-state index contributed by atoms with van der Waals surface area (Å²) in [7, 11) is 0. The van der Waals surface area contributed by atoms with E-state index in [-0.39, 0.29) is 18.1 Å². The molecule has 1 aromatic rings. The molecule has 2 aliphatic heterocycles. The zero-order valence-corrected chi connectivity index (χ0v) is 8.43. The van der Waals surface area contributed by atoms with E-state index in [9.17, 15) is 4.79 Å². The lowest BCUT2D eigenvalue weighted by Gasteiger charge is -2.17. The number of fused-ring (bicyclic) bond motifs is 1. The summed E-state index contributed by atoms with van der Waals surface area (Å²) in [6, 6.07) is 10.4. The Hall–Kier alpha value is -1.35. The van der Waals surface area contributed by atoms with Gasteiger partial charge in [-0.05, 0) is 12.0 Å². The van der Waals surface area contributed by atoms with Crippen molar-refractivity contribution in [3.63, 3.8) is 0 Å². The molecule has 3 heteroatoms. The van der Waals surface area contributed by atoms with Gasteiger partial charge < -0.3 is 9.64 Å². The topological polar surface area (TPSA) is 29.5 Å². The van der Waals surface area contributed by atoms with Crippen LogP contribution in [0.25, 0.3) is 0 Å². The Balaban J connectivity index is 1.88. The maximum absolute atomic E-state index is 11.5. The number of rotatable bonds is 1. The SMILES string of the molecule is O=C1CCC2C(c3ccccc3)OCN12. The summed E-state index contributed by atoms with van der Waals surface area (Å²) in [5.74, 6) is 0.235. The molecule has 15 heavy (non-hydrogen) atoms. The Bertz CT molecular complexity index is 376. The van der Waals surface area contributed by atoms with Crippen LogP contribution in [0.15, 0.2) is 30.3 Å². The Morgan fingerprint density at radius 1 is 1.27 bits per heavy atom. The summed E-state index contributed by atoms with van der Waals surface area (Å²) < 4.78 is 5.68. The molecule has 2 heterocycles. The average Bonchev–Trinajstić information content (AvgIpc) is 2.83. The van der Waals surface area contributed by atoms with Gasteiger partial charge in [0.05, 0.1) is 6.04 Å². The highest BCUT2D eigenvalue weighted by Crippen LogP contribution is 2.37. The van der Waals surface area contributed by atoms with Crippen molar-refractivity contribution in [1.82, 2.24) is 4.90 Å². The summed E-state index contributed by atoms with van der Waals surface area (Å²) in [6.07, 6.45) is 1.69. The molecule has 1 amide bonds. The minimum atomic E-state index is 0.0812. The fourth-order valence-electron chi connectivity index (χ4n) is 2.47. The van der Waals surface area contributed by atoms with E-state index in [0.717, 1.165) is 6.42 Å². The second kappa shape index (κ2) is 3.35. The molecule has 0 aliphatic carbocycles. The molecule has 0 radical (unpaired) electrons. The molecule has 0 spiro atoms. The number of carbonyl (C=O) groups excluding carboxylic acids is 1. The van der Waals surface area contributed by atoms with Gasteiger partial charge in [0, 0.05) is 6.42 Å². The molecule has 2 atom stereocenters. The fourth-order valence-corrected chi connectivity index (χ4v) is 2.47. The number of nitrogens with zero attached hydrogens (tertiary/aromatic N) is 1. The first kappa shape index (κ1) is 8.92. The maximum atomic E-state index is 11.5. The van der Waals surface area contributed by atoms with Gasteiger partial charge in [-0.2, -0.15) is 0 Å². The molecule has 0 aromatic heterocycles. The fraction of sp³-hybridized carbons (Fsp3) is 0.417.